The zero-order valence-electron chi connectivity index (χ0n) is 8.45. The van der Waals surface area contributed by atoms with Crippen LogP contribution >= 0.6 is 39.1 Å². The average molecular weight is 334 g/mol. The first-order valence-corrected chi connectivity index (χ1v) is 6.14. The molecule has 0 unspecified atom stereocenters. The average Bonchev–Trinajstić information content (AvgIpc) is 2.26. The molecule has 0 atom stereocenters. The summed E-state index contributed by atoms with van der Waals surface area (Å²) in [5.41, 5.74) is 6.19. The number of benzene rings is 1. The quantitative estimate of drug-likeness (QED) is 0.821. The zero-order valence-corrected chi connectivity index (χ0v) is 11.6. The lowest BCUT2D eigenvalue weighted by molar-refractivity contribution is 0.482. The number of anilines is 1. The number of nitrogen functional groups attached to an aromatic ring is 1. The second-order valence-corrected chi connectivity index (χ2v) is 4.98. The van der Waals surface area contributed by atoms with E-state index in [-0.39, 0.29) is 0 Å². The molecule has 0 fully saturated rings. The van der Waals surface area contributed by atoms with Crippen molar-refractivity contribution in [2.45, 2.75) is 0 Å². The van der Waals surface area contributed by atoms with Gasteiger partial charge in [0.05, 0.1) is 21.9 Å². The van der Waals surface area contributed by atoms with Crippen molar-refractivity contribution in [2.75, 3.05) is 5.73 Å². The molecule has 2 N–H and O–H groups in total. The third-order valence-electron chi connectivity index (χ3n) is 1.96. The van der Waals surface area contributed by atoms with Crippen molar-refractivity contribution in [1.82, 2.24) is 4.98 Å². The summed E-state index contributed by atoms with van der Waals surface area (Å²) in [6.07, 6.45) is 3.23. The maximum Gasteiger partial charge on any atom is 0.151 e. The molecule has 2 aromatic rings. The number of nitrogens with zero attached hydrogens (tertiary/aromatic N) is 1. The van der Waals surface area contributed by atoms with Crippen LogP contribution < -0.4 is 10.5 Å². The van der Waals surface area contributed by atoms with Crippen molar-refractivity contribution in [3.63, 3.8) is 0 Å². The van der Waals surface area contributed by atoms with Crippen molar-refractivity contribution in [3.05, 3.63) is 45.1 Å². The highest BCUT2D eigenvalue weighted by molar-refractivity contribution is 9.10. The zero-order chi connectivity index (χ0) is 12.4. The van der Waals surface area contributed by atoms with E-state index >= 15 is 0 Å². The van der Waals surface area contributed by atoms with Crippen molar-refractivity contribution >= 4 is 44.8 Å². The summed E-state index contributed by atoms with van der Waals surface area (Å²) in [5, 5.41) is 0.780. The van der Waals surface area contributed by atoms with E-state index < -0.39 is 0 Å². The fraction of sp³-hybridized carbons (Fsp3) is 0. The van der Waals surface area contributed by atoms with E-state index in [9.17, 15) is 0 Å². The van der Waals surface area contributed by atoms with Crippen LogP contribution in [0.4, 0.5) is 5.69 Å². The summed E-state index contributed by atoms with van der Waals surface area (Å²) in [4.78, 5) is 3.98. The second kappa shape index (κ2) is 5.12. The minimum absolute atomic E-state index is 0.388. The van der Waals surface area contributed by atoms with Crippen molar-refractivity contribution in [3.8, 4) is 11.5 Å². The molecule has 1 heterocycles. The van der Waals surface area contributed by atoms with Gasteiger partial charge in [0.25, 0.3) is 0 Å². The number of halogens is 3. The minimum Gasteiger partial charge on any atom is -0.453 e. The molecule has 1 aromatic carbocycles. The summed E-state index contributed by atoms with van der Waals surface area (Å²) in [6, 6.07) is 4.89. The molecule has 6 heteroatoms. The highest BCUT2D eigenvalue weighted by atomic mass is 79.9. The first kappa shape index (κ1) is 12.5. The van der Waals surface area contributed by atoms with Crippen LogP contribution in [-0.2, 0) is 0 Å². The Balaban J connectivity index is 2.33. The highest BCUT2D eigenvalue weighted by Crippen LogP contribution is 2.35. The fourth-order valence-corrected chi connectivity index (χ4v) is 1.88. The number of nitrogens with two attached hydrogens (primary N) is 1. The summed E-state index contributed by atoms with van der Waals surface area (Å²) in [5.74, 6) is 1.00. The Morgan fingerprint density at radius 1 is 1.12 bits per heavy atom. The number of pyridine rings is 1. The Kier molecular flexibility index (Phi) is 3.76. The summed E-state index contributed by atoms with van der Waals surface area (Å²) in [6.45, 7) is 0. The number of ether oxygens (including phenoxy) is 1. The summed E-state index contributed by atoms with van der Waals surface area (Å²) in [7, 11) is 0. The normalized spacial score (nSPS) is 10.3. The van der Waals surface area contributed by atoms with Gasteiger partial charge in [0, 0.05) is 16.7 Å². The van der Waals surface area contributed by atoms with Gasteiger partial charge < -0.3 is 10.5 Å². The third kappa shape index (κ3) is 3.03. The van der Waals surface area contributed by atoms with Gasteiger partial charge in [0.15, 0.2) is 5.75 Å². The van der Waals surface area contributed by atoms with Crippen LogP contribution in [-0.4, -0.2) is 4.98 Å². The molecule has 0 bridgehead atoms. The molecule has 17 heavy (non-hydrogen) atoms. The lowest BCUT2D eigenvalue weighted by atomic mass is 10.3. The van der Waals surface area contributed by atoms with E-state index in [1.807, 2.05) is 0 Å². The van der Waals surface area contributed by atoms with Crippen molar-refractivity contribution in [1.29, 1.82) is 0 Å². The summed E-state index contributed by atoms with van der Waals surface area (Å²) >= 11 is 15.0. The van der Waals surface area contributed by atoms with Crippen LogP contribution in [0, 0.1) is 0 Å². The van der Waals surface area contributed by atoms with E-state index in [1.54, 1.807) is 30.6 Å². The van der Waals surface area contributed by atoms with Crippen LogP contribution in [0.3, 0.4) is 0 Å². The van der Waals surface area contributed by atoms with Crippen molar-refractivity contribution in [2.24, 2.45) is 0 Å². The minimum atomic E-state index is 0.388. The molecular weight excluding hydrogens is 327 g/mol. The molecule has 2 rings (SSSR count). The van der Waals surface area contributed by atoms with Gasteiger partial charge in [-0.15, -0.1) is 0 Å². The first-order chi connectivity index (χ1) is 8.06. The smallest absolute Gasteiger partial charge is 0.151 e. The Bertz CT molecular complexity index is 563. The molecule has 0 aliphatic carbocycles. The van der Waals surface area contributed by atoms with Gasteiger partial charge in [0.1, 0.15) is 5.75 Å². The topological polar surface area (TPSA) is 48.1 Å². The van der Waals surface area contributed by atoms with Crippen LogP contribution in [0.5, 0.6) is 11.5 Å². The molecule has 0 radical (unpaired) electrons. The van der Waals surface area contributed by atoms with Gasteiger partial charge >= 0.3 is 0 Å². The second-order valence-electron chi connectivity index (χ2n) is 3.25. The number of aromatic nitrogens is 1. The molecule has 0 aliphatic heterocycles. The van der Waals surface area contributed by atoms with Crippen LogP contribution in [0.25, 0.3) is 0 Å². The predicted octanol–water partition coefficient (Wildman–Crippen LogP) is 4.53. The van der Waals surface area contributed by atoms with Crippen LogP contribution in [0.1, 0.15) is 0 Å². The number of hydrogen-bond donors (Lipinski definition) is 1. The molecule has 0 saturated carbocycles. The van der Waals surface area contributed by atoms with E-state index in [2.05, 4.69) is 20.9 Å². The Morgan fingerprint density at radius 3 is 2.53 bits per heavy atom. The fourth-order valence-electron chi connectivity index (χ4n) is 1.21. The van der Waals surface area contributed by atoms with E-state index in [4.69, 9.17) is 33.7 Å². The maximum absolute atomic E-state index is 5.89. The lowest BCUT2D eigenvalue weighted by Crippen LogP contribution is -1.93. The maximum atomic E-state index is 5.89. The molecule has 0 spiro atoms. The molecule has 88 valence electrons. The van der Waals surface area contributed by atoms with Gasteiger partial charge in [0.2, 0.25) is 0 Å². The molecule has 0 amide bonds. The van der Waals surface area contributed by atoms with Gasteiger partial charge in [-0.05, 0) is 28.1 Å². The molecule has 3 nitrogen and oxygen atoms in total. The van der Waals surface area contributed by atoms with Gasteiger partial charge in [-0.3, -0.25) is 4.98 Å². The monoisotopic (exact) mass is 332 g/mol. The first-order valence-electron chi connectivity index (χ1n) is 4.59. The van der Waals surface area contributed by atoms with E-state index in [0.29, 0.717) is 27.2 Å². The molecule has 1 aromatic heterocycles. The van der Waals surface area contributed by atoms with E-state index in [1.165, 1.54) is 0 Å². The third-order valence-corrected chi connectivity index (χ3v) is 3.12. The summed E-state index contributed by atoms with van der Waals surface area (Å²) < 4.78 is 6.38. The Labute approximate surface area is 117 Å². The van der Waals surface area contributed by atoms with Gasteiger partial charge in [-0.2, -0.15) is 0 Å². The van der Waals surface area contributed by atoms with Gasteiger partial charge in [-0.25, -0.2) is 0 Å². The van der Waals surface area contributed by atoms with Crippen LogP contribution in [0.2, 0.25) is 10.0 Å². The number of rotatable bonds is 2. The van der Waals surface area contributed by atoms with E-state index in [0.717, 1.165) is 4.47 Å². The number of hydrogen-bond acceptors (Lipinski definition) is 3. The van der Waals surface area contributed by atoms with Crippen LogP contribution in [0.15, 0.2) is 35.1 Å². The largest absolute Gasteiger partial charge is 0.453 e. The standard InChI is InChI=1S/C11H7BrCl2N2O/c12-6-1-7(5-16-4-6)17-11-3-9(14)8(13)2-10(11)15/h1-5H,15H2. The van der Waals surface area contributed by atoms with Crippen molar-refractivity contribution < 1.29 is 4.74 Å². The van der Waals surface area contributed by atoms with Gasteiger partial charge in [-0.1, -0.05) is 23.2 Å². The lowest BCUT2D eigenvalue weighted by Gasteiger charge is -2.09. The molecule has 0 saturated heterocycles. The predicted molar refractivity (Wildman–Crippen MR) is 72.9 cm³/mol. The Morgan fingerprint density at radius 2 is 1.82 bits per heavy atom. The SMILES string of the molecule is Nc1cc(Cl)c(Cl)cc1Oc1cncc(Br)c1. The Hall–Kier alpha value is -0.970. The molecule has 0 aliphatic rings. The highest BCUT2D eigenvalue weighted by Gasteiger charge is 2.07. The molecular formula is C11H7BrCl2N2O.